The predicted octanol–water partition coefficient (Wildman–Crippen LogP) is 3.22. The molecule has 26 heavy (non-hydrogen) atoms. The summed E-state index contributed by atoms with van der Waals surface area (Å²) >= 11 is 0. The molecule has 5 nitrogen and oxygen atoms in total. The van der Waals surface area contributed by atoms with E-state index in [1.165, 1.54) is 17.5 Å². The summed E-state index contributed by atoms with van der Waals surface area (Å²) in [5.41, 5.74) is 4.10. The van der Waals surface area contributed by atoms with Gasteiger partial charge >= 0.3 is 0 Å². The molecule has 0 spiro atoms. The van der Waals surface area contributed by atoms with E-state index in [0.29, 0.717) is 17.6 Å². The van der Waals surface area contributed by atoms with Crippen molar-refractivity contribution in [3.63, 3.8) is 0 Å². The van der Waals surface area contributed by atoms with Crippen molar-refractivity contribution in [2.45, 2.75) is 39.7 Å². The summed E-state index contributed by atoms with van der Waals surface area (Å²) in [5.74, 6) is 1.28. The van der Waals surface area contributed by atoms with Crippen molar-refractivity contribution in [2.75, 3.05) is 24.5 Å². The lowest BCUT2D eigenvalue weighted by Crippen LogP contribution is -2.40. The first kappa shape index (κ1) is 17.0. The summed E-state index contributed by atoms with van der Waals surface area (Å²) in [7, 11) is 0. The molecule has 136 valence electrons. The number of rotatable bonds is 2. The Bertz CT molecular complexity index is 819. The van der Waals surface area contributed by atoms with Crippen molar-refractivity contribution in [3.05, 3.63) is 52.8 Å². The average Bonchev–Trinajstić information content (AvgIpc) is 2.66. The molecule has 1 fully saturated rings. The first-order valence-corrected chi connectivity index (χ1v) is 9.57. The molecule has 2 aromatic rings. The molecule has 4 rings (SSSR count). The van der Waals surface area contributed by atoms with Gasteiger partial charge in [-0.25, -0.2) is 9.97 Å². The predicted molar refractivity (Wildman–Crippen MR) is 102 cm³/mol. The van der Waals surface area contributed by atoms with E-state index in [2.05, 4.69) is 46.1 Å². The number of aryl methyl sites for hydroxylation is 1. The molecule has 1 atom stereocenters. The van der Waals surface area contributed by atoms with Crippen LogP contribution in [0, 0.1) is 12.8 Å². The standard InChI is InChI=1S/C21H26N4O/c1-15-6-5-10-24(13-15)20(26)19-12-16(2)22-21(23-19)25-11-9-17-7-3-4-8-18(17)14-25/h3-4,7-8,12,15H,5-6,9-11,13-14H2,1-2H3. The van der Waals surface area contributed by atoms with Gasteiger partial charge in [0.15, 0.2) is 0 Å². The van der Waals surface area contributed by atoms with E-state index in [9.17, 15) is 4.79 Å². The Kier molecular flexibility index (Phi) is 4.62. The van der Waals surface area contributed by atoms with Gasteiger partial charge in [0.25, 0.3) is 5.91 Å². The topological polar surface area (TPSA) is 49.3 Å². The van der Waals surface area contributed by atoms with E-state index in [1.54, 1.807) is 0 Å². The number of benzene rings is 1. The van der Waals surface area contributed by atoms with Crippen molar-refractivity contribution in [2.24, 2.45) is 5.92 Å². The Balaban J connectivity index is 1.58. The highest BCUT2D eigenvalue weighted by atomic mass is 16.2. The lowest BCUT2D eigenvalue weighted by Gasteiger charge is -2.31. The van der Waals surface area contributed by atoms with Gasteiger partial charge < -0.3 is 9.80 Å². The Morgan fingerprint density at radius 3 is 2.77 bits per heavy atom. The number of fused-ring (bicyclic) bond motifs is 1. The van der Waals surface area contributed by atoms with Crippen LogP contribution >= 0.6 is 0 Å². The average molecular weight is 350 g/mol. The Hall–Kier alpha value is -2.43. The van der Waals surface area contributed by atoms with Gasteiger partial charge in [0.1, 0.15) is 5.69 Å². The second-order valence-electron chi connectivity index (χ2n) is 7.63. The molecular weight excluding hydrogens is 324 g/mol. The van der Waals surface area contributed by atoms with Crippen LogP contribution in [0.5, 0.6) is 0 Å². The number of carbonyl (C=O) groups is 1. The van der Waals surface area contributed by atoms with Gasteiger partial charge in [-0.3, -0.25) is 4.79 Å². The number of hydrogen-bond acceptors (Lipinski definition) is 4. The molecule has 1 amide bonds. The Morgan fingerprint density at radius 1 is 1.15 bits per heavy atom. The molecule has 0 radical (unpaired) electrons. The maximum absolute atomic E-state index is 12.9. The van der Waals surface area contributed by atoms with Crippen LogP contribution < -0.4 is 4.90 Å². The molecule has 1 saturated heterocycles. The summed E-state index contributed by atoms with van der Waals surface area (Å²) in [6.07, 6.45) is 3.26. The van der Waals surface area contributed by atoms with E-state index in [4.69, 9.17) is 0 Å². The molecule has 1 aromatic heterocycles. The zero-order valence-corrected chi connectivity index (χ0v) is 15.6. The minimum Gasteiger partial charge on any atom is -0.337 e. The van der Waals surface area contributed by atoms with Gasteiger partial charge in [0, 0.05) is 31.9 Å². The molecule has 0 bridgehead atoms. The van der Waals surface area contributed by atoms with Crippen LogP contribution in [0.15, 0.2) is 30.3 Å². The first-order chi connectivity index (χ1) is 12.6. The third kappa shape index (κ3) is 3.43. The number of anilines is 1. The number of carbonyl (C=O) groups excluding carboxylic acids is 1. The van der Waals surface area contributed by atoms with E-state index in [-0.39, 0.29) is 5.91 Å². The zero-order valence-electron chi connectivity index (χ0n) is 15.6. The van der Waals surface area contributed by atoms with Gasteiger partial charge in [-0.05, 0) is 49.3 Å². The monoisotopic (exact) mass is 350 g/mol. The largest absolute Gasteiger partial charge is 0.337 e. The van der Waals surface area contributed by atoms with Gasteiger partial charge in [0.2, 0.25) is 5.95 Å². The van der Waals surface area contributed by atoms with Crippen LogP contribution in [0.3, 0.4) is 0 Å². The second-order valence-corrected chi connectivity index (χ2v) is 7.63. The van der Waals surface area contributed by atoms with Crippen LogP contribution in [-0.2, 0) is 13.0 Å². The van der Waals surface area contributed by atoms with Gasteiger partial charge in [-0.2, -0.15) is 0 Å². The minimum atomic E-state index is 0.0423. The van der Waals surface area contributed by atoms with Crippen molar-refractivity contribution >= 4 is 11.9 Å². The summed E-state index contributed by atoms with van der Waals surface area (Å²) in [6, 6.07) is 10.3. The van der Waals surface area contributed by atoms with E-state index in [1.807, 2.05) is 17.9 Å². The fraction of sp³-hybridized carbons (Fsp3) is 0.476. The summed E-state index contributed by atoms with van der Waals surface area (Å²) in [4.78, 5) is 26.4. The maximum atomic E-state index is 12.9. The van der Waals surface area contributed by atoms with Gasteiger partial charge in [0.05, 0.1) is 0 Å². The van der Waals surface area contributed by atoms with Crippen LogP contribution in [0.25, 0.3) is 0 Å². The lowest BCUT2D eigenvalue weighted by atomic mass is 10.00. The Morgan fingerprint density at radius 2 is 1.96 bits per heavy atom. The fourth-order valence-corrected chi connectivity index (χ4v) is 4.01. The second kappa shape index (κ2) is 7.06. The molecular formula is C21H26N4O. The third-order valence-electron chi connectivity index (χ3n) is 5.42. The summed E-state index contributed by atoms with van der Waals surface area (Å²) in [6.45, 7) is 7.50. The minimum absolute atomic E-state index is 0.0423. The SMILES string of the molecule is Cc1cc(C(=O)N2CCCC(C)C2)nc(N2CCc3ccccc3C2)n1. The van der Waals surface area contributed by atoms with Crippen molar-refractivity contribution < 1.29 is 4.79 Å². The number of nitrogens with zero attached hydrogens (tertiary/aromatic N) is 4. The highest BCUT2D eigenvalue weighted by Gasteiger charge is 2.25. The zero-order chi connectivity index (χ0) is 18.1. The molecule has 1 unspecified atom stereocenters. The lowest BCUT2D eigenvalue weighted by molar-refractivity contribution is 0.0677. The maximum Gasteiger partial charge on any atom is 0.272 e. The first-order valence-electron chi connectivity index (χ1n) is 9.57. The van der Waals surface area contributed by atoms with Crippen LogP contribution in [0.1, 0.15) is 47.1 Å². The van der Waals surface area contributed by atoms with Crippen LogP contribution in [0.4, 0.5) is 5.95 Å². The molecule has 3 heterocycles. The third-order valence-corrected chi connectivity index (χ3v) is 5.42. The normalized spacial score (nSPS) is 20.0. The molecule has 1 aromatic carbocycles. The highest BCUT2D eigenvalue weighted by Crippen LogP contribution is 2.23. The quantitative estimate of drug-likeness (QED) is 0.834. The summed E-state index contributed by atoms with van der Waals surface area (Å²) < 4.78 is 0. The number of aromatic nitrogens is 2. The van der Waals surface area contributed by atoms with Crippen molar-refractivity contribution in [3.8, 4) is 0 Å². The molecule has 2 aliphatic rings. The Labute approximate surface area is 155 Å². The van der Waals surface area contributed by atoms with E-state index >= 15 is 0 Å². The summed E-state index contributed by atoms with van der Waals surface area (Å²) in [5, 5.41) is 0. The molecule has 0 aliphatic carbocycles. The molecule has 0 N–H and O–H groups in total. The number of likely N-dealkylation sites (tertiary alicyclic amines) is 1. The highest BCUT2D eigenvalue weighted by molar-refractivity contribution is 5.92. The van der Waals surface area contributed by atoms with E-state index in [0.717, 1.165) is 44.7 Å². The fourth-order valence-electron chi connectivity index (χ4n) is 4.01. The van der Waals surface area contributed by atoms with Crippen molar-refractivity contribution in [1.82, 2.24) is 14.9 Å². The van der Waals surface area contributed by atoms with Crippen LogP contribution in [-0.4, -0.2) is 40.4 Å². The number of piperidine rings is 1. The van der Waals surface area contributed by atoms with Gasteiger partial charge in [-0.1, -0.05) is 31.2 Å². The molecule has 5 heteroatoms. The smallest absolute Gasteiger partial charge is 0.272 e. The van der Waals surface area contributed by atoms with Gasteiger partial charge in [-0.15, -0.1) is 0 Å². The van der Waals surface area contributed by atoms with E-state index < -0.39 is 0 Å². The molecule has 0 saturated carbocycles. The molecule has 2 aliphatic heterocycles. The van der Waals surface area contributed by atoms with Crippen LogP contribution in [0.2, 0.25) is 0 Å². The number of hydrogen-bond donors (Lipinski definition) is 0. The number of amides is 1. The van der Waals surface area contributed by atoms with Crippen molar-refractivity contribution in [1.29, 1.82) is 0 Å².